The smallest absolute Gasteiger partial charge is 0.300 e. The minimum absolute atomic E-state index is 0.121. The van der Waals surface area contributed by atoms with E-state index in [1.807, 2.05) is 30.3 Å². The van der Waals surface area contributed by atoms with Crippen molar-refractivity contribution in [3.63, 3.8) is 0 Å². The van der Waals surface area contributed by atoms with E-state index in [4.69, 9.17) is 4.74 Å². The van der Waals surface area contributed by atoms with Crippen LogP contribution in [0.1, 0.15) is 21.7 Å². The minimum atomic E-state index is -0.689. The van der Waals surface area contributed by atoms with Crippen molar-refractivity contribution in [2.45, 2.75) is 6.42 Å². The number of nitro groups is 2. The van der Waals surface area contributed by atoms with Crippen LogP contribution in [0, 0.1) is 20.2 Å². The van der Waals surface area contributed by atoms with Crippen LogP contribution in [0.5, 0.6) is 0 Å². The van der Waals surface area contributed by atoms with E-state index < -0.39 is 27.1 Å². The lowest BCUT2D eigenvalue weighted by atomic mass is 10.1. The van der Waals surface area contributed by atoms with Gasteiger partial charge in [0.15, 0.2) is 5.69 Å². The van der Waals surface area contributed by atoms with E-state index in [1.54, 1.807) is 29.2 Å². The number of hydrogen-bond acceptors (Lipinski definition) is 8. The van der Waals surface area contributed by atoms with Gasteiger partial charge in [-0.25, -0.2) is 4.98 Å². The highest BCUT2D eigenvalue weighted by Gasteiger charge is 2.34. The molecule has 36 heavy (non-hydrogen) atoms. The van der Waals surface area contributed by atoms with Crippen molar-refractivity contribution in [1.82, 2.24) is 9.55 Å². The summed E-state index contributed by atoms with van der Waals surface area (Å²) in [4.78, 5) is 42.6. The van der Waals surface area contributed by atoms with Crippen LogP contribution in [0.25, 0.3) is 11.0 Å². The standard InChI is InChI=1S/C25H21N5O6/c31-25(28-20-9-5-4-8-19(20)26-23(28)14-17-6-2-1-3-7-17)18-15-21(29(32)33)24(22(16-18)30(34)35)27-10-12-36-13-11-27/h1-9,15-16H,10-14H2. The Morgan fingerprint density at radius 2 is 1.53 bits per heavy atom. The molecule has 3 aromatic carbocycles. The molecule has 1 aliphatic heterocycles. The second-order valence-electron chi connectivity index (χ2n) is 8.30. The molecule has 2 heterocycles. The molecular weight excluding hydrogens is 466 g/mol. The molecule has 0 saturated carbocycles. The molecule has 1 aromatic heterocycles. The number of carbonyl (C=O) groups excluding carboxylic acids is 1. The van der Waals surface area contributed by atoms with Crippen molar-refractivity contribution in [3.05, 3.63) is 104 Å². The van der Waals surface area contributed by atoms with Gasteiger partial charge in [-0.1, -0.05) is 42.5 Å². The molecule has 0 radical (unpaired) electrons. The highest BCUT2D eigenvalue weighted by atomic mass is 16.6. The molecule has 11 nitrogen and oxygen atoms in total. The first-order valence-corrected chi connectivity index (χ1v) is 11.3. The Bertz CT molecular complexity index is 1440. The molecule has 1 fully saturated rings. The second kappa shape index (κ2) is 9.55. The van der Waals surface area contributed by atoms with Crippen molar-refractivity contribution in [1.29, 1.82) is 0 Å². The third-order valence-corrected chi connectivity index (χ3v) is 6.08. The largest absolute Gasteiger partial charge is 0.378 e. The number of rotatable bonds is 6. The van der Waals surface area contributed by atoms with E-state index in [-0.39, 0.29) is 24.3 Å². The molecule has 11 heteroatoms. The van der Waals surface area contributed by atoms with Crippen molar-refractivity contribution in [2.24, 2.45) is 0 Å². The normalized spacial score (nSPS) is 13.6. The van der Waals surface area contributed by atoms with Gasteiger partial charge in [-0.2, -0.15) is 0 Å². The van der Waals surface area contributed by atoms with Gasteiger partial charge in [0, 0.05) is 31.6 Å². The molecule has 0 spiro atoms. The molecule has 182 valence electrons. The minimum Gasteiger partial charge on any atom is -0.378 e. The number of hydrogen-bond donors (Lipinski definition) is 0. The Balaban J connectivity index is 1.67. The lowest BCUT2D eigenvalue weighted by molar-refractivity contribution is -0.392. The van der Waals surface area contributed by atoms with Crippen LogP contribution in [0.4, 0.5) is 17.1 Å². The zero-order valence-corrected chi connectivity index (χ0v) is 19.1. The van der Waals surface area contributed by atoms with E-state index in [9.17, 15) is 25.0 Å². The summed E-state index contributed by atoms with van der Waals surface area (Å²) in [6.45, 7) is 1.11. The van der Waals surface area contributed by atoms with Gasteiger partial charge in [0.2, 0.25) is 0 Å². The van der Waals surface area contributed by atoms with Crippen molar-refractivity contribution in [2.75, 3.05) is 31.2 Å². The van der Waals surface area contributed by atoms with Crippen LogP contribution >= 0.6 is 0 Å². The zero-order valence-electron chi connectivity index (χ0n) is 19.1. The number of benzene rings is 3. The number of carbonyl (C=O) groups is 1. The third-order valence-electron chi connectivity index (χ3n) is 6.08. The van der Waals surface area contributed by atoms with Crippen LogP contribution in [0.2, 0.25) is 0 Å². The molecular formula is C25H21N5O6. The summed E-state index contributed by atoms with van der Waals surface area (Å²) in [5.74, 6) is -0.204. The van der Waals surface area contributed by atoms with Gasteiger partial charge in [0.25, 0.3) is 17.3 Å². The summed E-state index contributed by atoms with van der Waals surface area (Å²) in [6, 6.07) is 18.7. The molecule has 4 aromatic rings. The molecule has 0 atom stereocenters. The van der Waals surface area contributed by atoms with Crippen LogP contribution in [0.3, 0.4) is 0 Å². The molecule has 0 unspecified atom stereocenters. The highest BCUT2D eigenvalue weighted by Crippen LogP contribution is 2.39. The second-order valence-corrected chi connectivity index (χ2v) is 8.30. The SMILES string of the molecule is O=C(c1cc([N+](=O)[O-])c(N2CCOCC2)c([N+](=O)[O-])c1)n1c(Cc2ccccc2)nc2ccccc21. The number of nitrogens with zero attached hydrogens (tertiary/aromatic N) is 5. The van der Waals surface area contributed by atoms with Crippen LogP contribution in [-0.2, 0) is 11.2 Å². The maximum absolute atomic E-state index is 13.8. The van der Waals surface area contributed by atoms with E-state index in [0.717, 1.165) is 17.7 Å². The zero-order chi connectivity index (χ0) is 25.2. The lowest BCUT2D eigenvalue weighted by Crippen LogP contribution is -2.37. The molecule has 0 N–H and O–H groups in total. The van der Waals surface area contributed by atoms with Crippen LogP contribution in [-0.4, -0.2) is 51.6 Å². The quantitative estimate of drug-likeness (QED) is 0.295. The fourth-order valence-electron chi connectivity index (χ4n) is 4.45. The van der Waals surface area contributed by atoms with E-state index >= 15 is 0 Å². The first-order chi connectivity index (χ1) is 17.4. The summed E-state index contributed by atoms with van der Waals surface area (Å²) in [6.07, 6.45) is 0.331. The lowest BCUT2D eigenvalue weighted by Gasteiger charge is -2.28. The summed E-state index contributed by atoms with van der Waals surface area (Å²) in [5, 5.41) is 24.0. The number of anilines is 1. The molecule has 0 bridgehead atoms. The highest BCUT2D eigenvalue weighted by molar-refractivity contribution is 6.03. The fourth-order valence-corrected chi connectivity index (χ4v) is 4.45. The summed E-state index contributed by atoms with van der Waals surface area (Å²) in [7, 11) is 0. The Morgan fingerprint density at radius 3 is 2.17 bits per heavy atom. The summed E-state index contributed by atoms with van der Waals surface area (Å²) in [5.41, 5.74) is 0.725. The number of morpholine rings is 1. The van der Waals surface area contributed by atoms with Gasteiger partial charge in [-0.15, -0.1) is 0 Å². The van der Waals surface area contributed by atoms with Gasteiger partial charge in [0.05, 0.1) is 39.7 Å². The Labute approximate surface area is 204 Å². The molecule has 1 aliphatic rings. The number of fused-ring (bicyclic) bond motifs is 1. The predicted molar refractivity (Wildman–Crippen MR) is 131 cm³/mol. The molecule has 0 aliphatic carbocycles. The van der Waals surface area contributed by atoms with Gasteiger partial charge in [-0.05, 0) is 17.7 Å². The summed E-state index contributed by atoms with van der Waals surface area (Å²) >= 11 is 0. The topological polar surface area (TPSA) is 134 Å². The molecule has 5 rings (SSSR count). The van der Waals surface area contributed by atoms with Gasteiger partial charge in [-0.3, -0.25) is 29.6 Å². The number of nitro benzene ring substituents is 2. The Morgan fingerprint density at radius 1 is 0.917 bits per heavy atom. The number of aromatic nitrogens is 2. The van der Waals surface area contributed by atoms with E-state index in [0.29, 0.717) is 36.5 Å². The average Bonchev–Trinajstić information content (AvgIpc) is 3.26. The maximum atomic E-state index is 13.8. The van der Waals surface area contributed by atoms with Crippen molar-refractivity contribution < 1.29 is 19.4 Å². The average molecular weight is 487 g/mol. The van der Waals surface area contributed by atoms with Gasteiger partial charge >= 0.3 is 0 Å². The Hall–Kier alpha value is -4.64. The van der Waals surface area contributed by atoms with E-state index in [2.05, 4.69) is 4.98 Å². The Kier molecular flexibility index (Phi) is 6.13. The monoisotopic (exact) mass is 487 g/mol. The van der Waals surface area contributed by atoms with E-state index in [1.165, 1.54) is 4.57 Å². The van der Waals surface area contributed by atoms with Gasteiger partial charge in [0.1, 0.15) is 5.82 Å². The number of para-hydroxylation sites is 2. The number of imidazole rings is 1. The van der Waals surface area contributed by atoms with Crippen LogP contribution < -0.4 is 4.90 Å². The predicted octanol–water partition coefficient (Wildman–Crippen LogP) is 3.97. The number of ether oxygens (including phenoxy) is 1. The first kappa shape index (κ1) is 23.1. The molecule has 1 saturated heterocycles. The van der Waals surface area contributed by atoms with Crippen molar-refractivity contribution in [3.8, 4) is 0 Å². The van der Waals surface area contributed by atoms with Crippen LogP contribution in [0.15, 0.2) is 66.7 Å². The van der Waals surface area contributed by atoms with Crippen molar-refractivity contribution >= 4 is 34.0 Å². The summed E-state index contributed by atoms with van der Waals surface area (Å²) < 4.78 is 6.66. The fraction of sp³-hybridized carbons (Fsp3) is 0.200. The first-order valence-electron chi connectivity index (χ1n) is 11.3. The molecule has 0 amide bonds. The third kappa shape index (κ3) is 4.27. The van der Waals surface area contributed by atoms with Gasteiger partial charge < -0.3 is 9.64 Å². The maximum Gasteiger partial charge on any atom is 0.300 e.